The van der Waals surface area contributed by atoms with E-state index in [0.29, 0.717) is 12.4 Å². The molecule has 0 amide bonds. The van der Waals surface area contributed by atoms with Crippen LogP contribution >= 0.6 is 15.9 Å². The molecule has 21 heavy (non-hydrogen) atoms. The molecule has 2 aromatic carbocycles. The lowest BCUT2D eigenvalue weighted by Crippen LogP contribution is -2.03. The van der Waals surface area contributed by atoms with Crippen molar-refractivity contribution in [2.45, 2.75) is 6.92 Å². The number of carbonyl (C=O) groups excluding carboxylic acids is 1. The molecule has 2 aromatic rings. The zero-order chi connectivity index (χ0) is 15.1. The molecule has 0 saturated heterocycles. The number of halogens is 1. The molecule has 3 nitrogen and oxygen atoms in total. The summed E-state index contributed by atoms with van der Waals surface area (Å²) in [6, 6.07) is 14.6. The lowest BCUT2D eigenvalue weighted by molar-refractivity contribution is -0.128. The summed E-state index contributed by atoms with van der Waals surface area (Å²) >= 11 is 3.33. The second-order valence-corrected chi connectivity index (χ2v) is 5.09. The van der Waals surface area contributed by atoms with Crippen molar-refractivity contribution in [3.05, 3.63) is 64.6 Å². The number of para-hydroxylation sites is 1. The van der Waals surface area contributed by atoms with E-state index < -0.39 is 5.97 Å². The highest BCUT2D eigenvalue weighted by molar-refractivity contribution is 9.10. The Labute approximate surface area is 132 Å². The van der Waals surface area contributed by atoms with E-state index in [1.54, 1.807) is 18.2 Å². The Bertz CT molecular complexity index is 633. The third-order valence-electron chi connectivity index (χ3n) is 2.65. The predicted octanol–water partition coefficient (Wildman–Crippen LogP) is 4.47. The quantitative estimate of drug-likeness (QED) is 0.455. The number of benzene rings is 2. The van der Waals surface area contributed by atoms with Crippen LogP contribution in [0, 0.1) is 0 Å². The third-order valence-corrected chi connectivity index (χ3v) is 3.18. The number of ether oxygens (including phenoxy) is 2. The Kier molecular flexibility index (Phi) is 5.58. The molecule has 0 fully saturated rings. The van der Waals surface area contributed by atoms with Gasteiger partial charge in [-0.1, -0.05) is 34.1 Å². The van der Waals surface area contributed by atoms with Crippen LogP contribution in [0.3, 0.4) is 0 Å². The minimum Gasteiger partial charge on any atom is -0.493 e. The maximum Gasteiger partial charge on any atom is 0.336 e. The van der Waals surface area contributed by atoms with Crippen LogP contribution in [0.4, 0.5) is 0 Å². The molecule has 108 valence electrons. The smallest absolute Gasteiger partial charge is 0.336 e. The number of rotatable bonds is 5. The highest BCUT2D eigenvalue weighted by atomic mass is 79.9. The fourth-order valence-electron chi connectivity index (χ4n) is 1.72. The largest absolute Gasteiger partial charge is 0.493 e. The maximum atomic E-state index is 11.8. The maximum absolute atomic E-state index is 11.8. The summed E-state index contributed by atoms with van der Waals surface area (Å²) in [5.74, 6) is 0.822. The molecule has 0 spiro atoms. The van der Waals surface area contributed by atoms with Gasteiger partial charge in [0.1, 0.15) is 11.5 Å². The first-order valence-corrected chi connectivity index (χ1v) is 7.35. The van der Waals surface area contributed by atoms with Crippen molar-refractivity contribution in [1.29, 1.82) is 0 Å². The minimum absolute atomic E-state index is 0.427. The van der Waals surface area contributed by atoms with E-state index in [4.69, 9.17) is 9.47 Å². The molecule has 0 N–H and O–H groups in total. The zero-order valence-electron chi connectivity index (χ0n) is 11.6. The average molecular weight is 347 g/mol. The van der Waals surface area contributed by atoms with Crippen LogP contribution in [0.1, 0.15) is 12.5 Å². The predicted molar refractivity (Wildman–Crippen MR) is 86.4 cm³/mol. The number of carbonyl (C=O) groups is 1. The summed E-state index contributed by atoms with van der Waals surface area (Å²) < 4.78 is 11.6. The van der Waals surface area contributed by atoms with Gasteiger partial charge in [-0.2, -0.15) is 0 Å². The van der Waals surface area contributed by atoms with Crippen LogP contribution in [0.15, 0.2) is 59.1 Å². The molecular weight excluding hydrogens is 332 g/mol. The summed E-state index contributed by atoms with van der Waals surface area (Å²) in [6.07, 6.45) is 3.08. The van der Waals surface area contributed by atoms with Crippen LogP contribution in [-0.4, -0.2) is 12.6 Å². The van der Waals surface area contributed by atoms with Gasteiger partial charge >= 0.3 is 5.97 Å². The Balaban J connectivity index is 2.03. The molecular formula is C17H15BrO3. The summed E-state index contributed by atoms with van der Waals surface area (Å²) in [4.78, 5) is 11.8. The van der Waals surface area contributed by atoms with Gasteiger partial charge in [-0.05, 0) is 43.3 Å². The molecule has 0 radical (unpaired) electrons. The van der Waals surface area contributed by atoms with Gasteiger partial charge in [0.15, 0.2) is 0 Å². The van der Waals surface area contributed by atoms with E-state index in [2.05, 4.69) is 15.9 Å². The molecule has 0 aliphatic heterocycles. The molecule has 2 rings (SSSR count). The van der Waals surface area contributed by atoms with E-state index in [1.807, 2.05) is 43.3 Å². The second-order valence-electron chi connectivity index (χ2n) is 4.18. The van der Waals surface area contributed by atoms with Gasteiger partial charge in [0.05, 0.1) is 6.61 Å². The fraction of sp³-hybridized carbons (Fsp3) is 0.118. The van der Waals surface area contributed by atoms with Crippen LogP contribution < -0.4 is 9.47 Å². The molecule has 0 aromatic heterocycles. The Morgan fingerprint density at radius 2 is 1.86 bits per heavy atom. The monoisotopic (exact) mass is 346 g/mol. The highest BCUT2D eigenvalue weighted by Gasteiger charge is 2.02. The Morgan fingerprint density at radius 1 is 1.14 bits per heavy atom. The van der Waals surface area contributed by atoms with Crippen molar-refractivity contribution in [1.82, 2.24) is 0 Å². The van der Waals surface area contributed by atoms with Gasteiger partial charge in [0.2, 0.25) is 0 Å². The van der Waals surface area contributed by atoms with Gasteiger partial charge < -0.3 is 9.47 Å². The third kappa shape index (κ3) is 4.76. The molecule has 0 aliphatic rings. The van der Waals surface area contributed by atoms with Gasteiger partial charge in [-0.25, -0.2) is 4.79 Å². The second kappa shape index (κ2) is 7.64. The number of hydrogen-bond donors (Lipinski definition) is 0. The van der Waals surface area contributed by atoms with Gasteiger partial charge in [0.25, 0.3) is 0 Å². The molecule has 4 heteroatoms. The molecule has 0 aliphatic carbocycles. The van der Waals surface area contributed by atoms with E-state index in [9.17, 15) is 4.79 Å². The first-order chi connectivity index (χ1) is 10.2. The Hall–Kier alpha value is -2.07. The summed E-state index contributed by atoms with van der Waals surface area (Å²) in [5.41, 5.74) is 0.840. The topological polar surface area (TPSA) is 35.5 Å². The van der Waals surface area contributed by atoms with Crippen molar-refractivity contribution in [3.63, 3.8) is 0 Å². The lowest BCUT2D eigenvalue weighted by Gasteiger charge is -2.06. The highest BCUT2D eigenvalue weighted by Crippen LogP contribution is 2.20. The SMILES string of the molecule is CCOc1ccccc1/C=C/C(=O)Oc1ccc(Br)cc1. The van der Waals surface area contributed by atoms with Gasteiger partial charge in [-0.3, -0.25) is 0 Å². The van der Waals surface area contributed by atoms with Crippen molar-refractivity contribution in [2.75, 3.05) is 6.61 Å². The van der Waals surface area contributed by atoms with Crippen molar-refractivity contribution < 1.29 is 14.3 Å². The van der Waals surface area contributed by atoms with E-state index in [0.717, 1.165) is 15.8 Å². The van der Waals surface area contributed by atoms with E-state index >= 15 is 0 Å². The van der Waals surface area contributed by atoms with Crippen LogP contribution in [0.5, 0.6) is 11.5 Å². The molecule has 0 bridgehead atoms. The summed E-state index contributed by atoms with van der Waals surface area (Å²) in [5, 5.41) is 0. The van der Waals surface area contributed by atoms with Crippen molar-refractivity contribution in [3.8, 4) is 11.5 Å². The van der Waals surface area contributed by atoms with E-state index in [1.165, 1.54) is 6.08 Å². The van der Waals surface area contributed by atoms with Crippen LogP contribution in [0.25, 0.3) is 6.08 Å². The zero-order valence-corrected chi connectivity index (χ0v) is 13.2. The molecule has 0 atom stereocenters. The lowest BCUT2D eigenvalue weighted by atomic mass is 10.2. The summed E-state index contributed by atoms with van der Waals surface area (Å²) in [7, 11) is 0. The average Bonchev–Trinajstić information content (AvgIpc) is 2.49. The minimum atomic E-state index is -0.427. The van der Waals surface area contributed by atoms with E-state index in [-0.39, 0.29) is 0 Å². The van der Waals surface area contributed by atoms with Gasteiger partial charge in [0, 0.05) is 16.1 Å². The van der Waals surface area contributed by atoms with Crippen molar-refractivity contribution in [2.24, 2.45) is 0 Å². The molecule has 0 heterocycles. The fourth-order valence-corrected chi connectivity index (χ4v) is 1.98. The first kappa shape index (κ1) is 15.3. The standard InChI is InChI=1S/C17H15BrO3/c1-2-20-16-6-4-3-5-13(16)7-12-17(19)21-15-10-8-14(18)9-11-15/h3-12H,2H2,1H3/b12-7+. The number of hydrogen-bond acceptors (Lipinski definition) is 3. The first-order valence-electron chi connectivity index (χ1n) is 6.56. The number of esters is 1. The molecule has 0 unspecified atom stereocenters. The van der Waals surface area contributed by atoms with Gasteiger partial charge in [-0.15, -0.1) is 0 Å². The molecule has 0 saturated carbocycles. The Morgan fingerprint density at radius 3 is 2.57 bits per heavy atom. The van der Waals surface area contributed by atoms with Crippen LogP contribution in [-0.2, 0) is 4.79 Å². The van der Waals surface area contributed by atoms with Crippen molar-refractivity contribution >= 4 is 28.0 Å². The normalized spacial score (nSPS) is 10.6. The van der Waals surface area contributed by atoms with Crippen LogP contribution in [0.2, 0.25) is 0 Å². The summed E-state index contributed by atoms with van der Waals surface area (Å²) in [6.45, 7) is 2.50.